The van der Waals surface area contributed by atoms with Gasteiger partial charge in [-0.15, -0.1) is 0 Å². The smallest absolute Gasteiger partial charge is 0.175 e. The Morgan fingerprint density at radius 1 is 1.39 bits per heavy atom. The van der Waals surface area contributed by atoms with Crippen molar-refractivity contribution in [3.05, 3.63) is 42.0 Å². The van der Waals surface area contributed by atoms with Crippen LogP contribution in [0, 0.1) is 6.92 Å². The third kappa shape index (κ3) is 2.89. The second-order valence-electron chi connectivity index (χ2n) is 4.14. The third-order valence-electron chi connectivity index (χ3n) is 2.64. The maximum atomic E-state index is 11.5. The van der Waals surface area contributed by atoms with Crippen molar-refractivity contribution in [2.24, 2.45) is 0 Å². The Bertz CT molecular complexity index is 633. The number of sulfone groups is 1. The summed E-state index contributed by atoms with van der Waals surface area (Å²) in [7, 11) is -3.18. The lowest BCUT2D eigenvalue weighted by Gasteiger charge is -2.10. The predicted octanol–water partition coefficient (Wildman–Crippen LogP) is 1.73. The Labute approximate surface area is 106 Å². The van der Waals surface area contributed by atoms with Crippen molar-refractivity contribution in [1.82, 2.24) is 9.97 Å². The lowest BCUT2D eigenvalue weighted by Crippen LogP contribution is -2.04. The molecule has 0 aliphatic heterocycles. The highest BCUT2D eigenvalue weighted by Crippen LogP contribution is 2.20. The fourth-order valence-corrected chi connectivity index (χ4v) is 2.24. The fourth-order valence-electron chi connectivity index (χ4n) is 1.60. The number of hydrogen-bond acceptors (Lipinski definition) is 4. The van der Waals surface area contributed by atoms with Crippen molar-refractivity contribution in [3.63, 3.8) is 0 Å². The minimum atomic E-state index is -3.18. The highest BCUT2D eigenvalue weighted by molar-refractivity contribution is 7.90. The van der Waals surface area contributed by atoms with E-state index in [0.29, 0.717) is 11.4 Å². The summed E-state index contributed by atoms with van der Waals surface area (Å²) in [6.45, 7) is 2.46. The van der Waals surface area contributed by atoms with Crippen LogP contribution in [0.3, 0.4) is 0 Å². The van der Waals surface area contributed by atoms with E-state index in [1.54, 1.807) is 30.6 Å². The lowest BCUT2D eigenvalue weighted by atomic mass is 10.2. The molecule has 96 valence electrons. The van der Waals surface area contributed by atoms with Gasteiger partial charge >= 0.3 is 0 Å². The summed E-state index contributed by atoms with van der Waals surface area (Å²) in [5.41, 5.74) is 1.79. The van der Waals surface area contributed by atoms with E-state index in [1.807, 2.05) is 6.92 Å². The number of H-pyrrole nitrogens is 1. The van der Waals surface area contributed by atoms with Gasteiger partial charge in [0.2, 0.25) is 0 Å². The zero-order valence-electron chi connectivity index (χ0n) is 10.3. The van der Waals surface area contributed by atoms with Gasteiger partial charge in [-0.2, -0.15) is 0 Å². The normalized spacial score (nSPS) is 11.4. The van der Waals surface area contributed by atoms with Crippen molar-refractivity contribution in [2.45, 2.75) is 18.4 Å². The molecule has 0 saturated carbocycles. The van der Waals surface area contributed by atoms with Gasteiger partial charge in [0.1, 0.15) is 5.82 Å². The summed E-state index contributed by atoms with van der Waals surface area (Å²) >= 11 is 0. The molecule has 0 aliphatic carbocycles. The molecule has 0 radical (unpaired) electrons. The molecule has 18 heavy (non-hydrogen) atoms. The summed E-state index contributed by atoms with van der Waals surface area (Å²) in [4.78, 5) is 7.39. The first kappa shape index (κ1) is 12.6. The molecule has 2 N–H and O–H groups in total. The second-order valence-corrected chi connectivity index (χ2v) is 6.15. The van der Waals surface area contributed by atoms with Gasteiger partial charge in [-0.1, -0.05) is 6.07 Å². The first-order chi connectivity index (χ1) is 8.47. The maximum Gasteiger partial charge on any atom is 0.175 e. The zero-order valence-corrected chi connectivity index (χ0v) is 11.1. The average molecular weight is 265 g/mol. The molecule has 0 saturated heterocycles. The van der Waals surface area contributed by atoms with Gasteiger partial charge in [-0.05, 0) is 24.6 Å². The molecule has 0 fully saturated rings. The Hall–Kier alpha value is -1.82. The van der Waals surface area contributed by atoms with Crippen LogP contribution >= 0.6 is 0 Å². The molecule has 1 aromatic heterocycles. The summed E-state index contributed by atoms with van der Waals surface area (Å²) < 4.78 is 23.0. The minimum Gasteiger partial charge on any atom is -0.378 e. The van der Waals surface area contributed by atoms with Gasteiger partial charge in [-0.25, -0.2) is 13.4 Å². The van der Waals surface area contributed by atoms with E-state index in [1.165, 1.54) is 6.26 Å². The first-order valence-electron chi connectivity index (χ1n) is 5.49. The molecule has 0 aliphatic rings. The van der Waals surface area contributed by atoms with E-state index >= 15 is 0 Å². The number of imidazole rings is 1. The summed E-state index contributed by atoms with van der Waals surface area (Å²) in [5.74, 6) is 0.805. The molecule has 0 atom stereocenters. The number of rotatable bonds is 4. The largest absolute Gasteiger partial charge is 0.378 e. The van der Waals surface area contributed by atoms with Gasteiger partial charge in [0.25, 0.3) is 0 Å². The Morgan fingerprint density at radius 2 is 2.17 bits per heavy atom. The SMILES string of the molecule is Cc1ccc(S(C)(=O)=O)cc1NCc1ncc[nH]1. The van der Waals surface area contributed by atoms with E-state index in [-0.39, 0.29) is 0 Å². The number of nitrogens with zero attached hydrogens (tertiary/aromatic N) is 1. The van der Waals surface area contributed by atoms with Crippen LogP contribution in [0.25, 0.3) is 0 Å². The molecule has 0 unspecified atom stereocenters. The average Bonchev–Trinajstić information content (AvgIpc) is 2.79. The molecule has 0 spiro atoms. The maximum absolute atomic E-state index is 11.5. The number of anilines is 1. The van der Waals surface area contributed by atoms with Gasteiger partial charge < -0.3 is 10.3 Å². The highest BCUT2D eigenvalue weighted by atomic mass is 32.2. The van der Waals surface area contributed by atoms with E-state index < -0.39 is 9.84 Å². The molecular weight excluding hydrogens is 250 g/mol. The molecular formula is C12H15N3O2S. The molecule has 2 aromatic rings. The summed E-state index contributed by atoms with van der Waals surface area (Å²) in [6, 6.07) is 5.05. The van der Waals surface area contributed by atoms with Crippen LogP contribution in [0.15, 0.2) is 35.5 Å². The van der Waals surface area contributed by atoms with Crippen LogP contribution in [-0.4, -0.2) is 24.6 Å². The highest BCUT2D eigenvalue weighted by Gasteiger charge is 2.09. The van der Waals surface area contributed by atoms with Crippen molar-refractivity contribution in [2.75, 3.05) is 11.6 Å². The Balaban J connectivity index is 2.22. The number of aryl methyl sites for hydroxylation is 1. The van der Waals surface area contributed by atoms with E-state index in [0.717, 1.165) is 17.1 Å². The van der Waals surface area contributed by atoms with Gasteiger partial charge in [0.15, 0.2) is 9.84 Å². The lowest BCUT2D eigenvalue weighted by molar-refractivity contribution is 0.602. The predicted molar refractivity (Wildman–Crippen MR) is 70.2 cm³/mol. The second kappa shape index (κ2) is 4.81. The zero-order chi connectivity index (χ0) is 13.2. The van der Waals surface area contributed by atoms with Crippen molar-refractivity contribution in [1.29, 1.82) is 0 Å². The van der Waals surface area contributed by atoms with Gasteiger partial charge in [0.05, 0.1) is 11.4 Å². The monoisotopic (exact) mass is 265 g/mol. The first-order valence-corrected chi connectivity index (χ1v) is 7.39. The third-order valence-corrected chi connectivity index (χ3v) is 3.75. The fraction of sp³-hybridized carbons (Fsp3) is 0.250. The Morgan fingerprint density at radius 3 is 2.78 bits per heavy atom. The van der Waals surface area contributed by atoms with Crippen LogP contribution in [0.1, 0.15) is 11.4 Å². The number of aromatic nitrogens is 2. The van der Waals surface area contributed by atoms with Crippen LogP contribution in [0.2, 0.25) is 0 Å². The van der Waals surface area contributed by atoms with Gasteiger partial charge in [-0.3, -0.25) is 0 Å². The molecule has 1 aromatic carbocycles. The van der Waals surface area contributed by atoms with Crippen LogP contribution < -0.4 is 5.32 Å². The number of nitrogens with one attached hydrogen (secondary N) is 2. The van der Waals surface area contributed by atoms with Crippen molar-refractivity contribution >= 4 is 15.5 Å². The van der Waals surface area contributed by atoms with Crippen molar-refractivity contribution in [3.8, 4) is 0 Å². The van der Waals surface area contributed by atoms with Crippen LogP contribution in [-0.2, 0) is 16.4 Å². The molecule has 5 nitrogen and oxygen atoms in total. The van der Waals surface area contributed by atoms with Gasteiger partial charge in [0, 0.05) is 24.3 Å². The molecule has 1 heterocycles. The minimum absolute atomic E-state index is 0.315. The standard InChI is InChI=1S/C12H15N3O2S/c1-9-3-4-10(18(2,16)17)7-11(9)15-8-12-13-5-6-14-12/h3-7,15H,8H2,1-2H3,(H,13,14). The number of hydrogen-bond donors (Lipinski definition) is 2. The number of benzene rings is 1. The van der Waals surface area contributed by atoms with Crippen molar-refractivity contribution < 1.29 is 8.42 Å². The van der Waals surface area contributed by atoms with Crippen LogP contribution in [0.4, 0.5) is 5.69 Å². The van der Waals surface area contributed by atoms with Crippen LogP contribution in [0.5, 0.6) is 0 Å². The van der Waals surface area contributed by atoms with E-state index in [9.17, 15) is 8.42 Å². The number of aromatic amines is 1. The summed E-state index contributed by atoms with van der Waals surface area (Å²) in [5, 5.41) is 3.17. The molecule has 6 heteroatoms. The molecule has 0 amide bonds. The quantitative estimate of drug-likeness (QED) is 0.883. The topological polar surface area (TPSA) is 74.8 Å². The molecule has 2 rings (SSSR count). The Kier molecular flexibility index (Phi) is 3.38. The van der Waals surface area contributed by atoms with E-state index in [2.05, 4.69) is 15.3 Å². The molecule has 0 bridgehead atoms. The summed E-state index contributed by atoms with van der Waals surface area (Å²) in [6.07, 6.45) is 4.63. The van der Waals surface area contributed by atoms with E-state index in [4.69, 9.17) is 0 Å².